The summed E-state index contributed by atoms with van der Waals surface area (Å²) in [6.07, 6.45) is 5.67. The number of hydrogen-bond acceptors (Lipinski definition) is 12. The summed E-state index contributed by atoms with van der Waals surface area (Å²) in [6.45, 7) is 14.7. The molecule has 2 aliphatic heterocycles. The number of nitrogens with zero attached hydrogens (tertiary/aromatic N) is 2. The second kappa shape index (κ2) is 15.5. The maximum Gasteiger partial charge on any atom is 0.312 e. The highest BCUT2D eigenvalue weighted by Crippen LogP contribution is 2.54. The number of anilines is 1. The number of ketones is 1. The zero-order valence-corrected chi connectivity index (χ0v) is 33.8. The summed E-state index contributed by atoms with van der Waals surface area (Å²) in [4.78, 5) is 45.6. The van der Waals surface area contributed by atoms with Crippen molar-refractivity contribution >= 4 is 50.8 Å². The van der Waals surface area contributed by atoms with Crippen LogP contribution in [0.3, 0.4) is 0 Å². The van der Waals surface area contributed by atoms with Gasteiger partial charge in [-0.25, -0.2) is 4.98 Å². The maximum atomic E-state index is 14.6. The van der Waals surface area contributed by atoms with Crippen molar-refractivity contribution in [3.05, 3.63) is 71.2 Å². The highest BCUT2D eigenvalue weighted by atomic mass is 16.7. The molecule has 5 N–H and O–H groups in total. The van der Waals surface area contributed by atoms with Crippen LogP contribution >= 0.6 is 0 Å². The molecule has 4 heterocycles. The number of Topliss-reactive ketones (excluding diaryl/α,β-unsaturated/α-hetero) is 1. The van der Waals surface area contributed by atoms with Crippen LogP contribution in [0.2, 0.25) is 0 Å². The van der Waals surface area contributed by atoms with Gasteiger partial charge in [-0.1, -0.05) is 52.0 Å². The second-order valence-electron chi connectivity index (χ2n) is 15.6. The molecule has 57 heavy (non-hydrogen) atoms. The molecule has 4 bridgehead atoms. The van der Waals surface area contributed by atoms with Gasteiger partial charge in [-0.15, -0.1) is 0 Å². The summed E-state index contributed by atoms with van der Waals surface area (Å²) in [5.41, 5.74) is 2.14. The highest BCUT2D eigenvalue weighted by molar-refractivity contribution is 6.28. The van der Waals surface area contributed by atoms with Crippen LogP contribution in [0.5, 0.6) is 17.2 Å². The Morgan fingerprint density at radius 1 is 0.965 bits per heavy atom. The first-order chi connectivity index (χ1) is 26.8. The molecular formula is C43H51N3O11. The molecule has 6 rings (SSSR count). The SMILES string of the molecule is COC1/C=C/OC2(C)Oc3c(C)c(O)c4c(O)c(c5c(nc6ccc(C)cn65)c4c3C2=O)NC(=O)/C(C)=C\C=C\C(C)C(O)C(C)C(O)C(C)C(OC(C)=O)C1C. The number of phenolic OH excluding ortho intramolecular Hbond substituents is 2. The number of rotatable bonds is 2. The highest BCUT2D eigenvalue weighted by Gasteiger charge is 2.50. The molecule has 9 atom stereocenters. The van der Waals surface area contributed by atoms with Gasteiger partial charge in [0.2, 0.25) is 0 Å². The van der Waals surface area contributed by atoms with Crippen molar-refractivity contribution in [1.29, 1.82) is 0 Å². The molecule has 304 valence electrons. The minimum Gasteiger partial charge on any atom is -0.507 e. The Bertz CT molecular complexity index is 2380. The molecule has 9 unspecified atom stereocenters. The first-order valence-electron chi connectivity index (χ1n) is 19.0. The van der Waals surface area contributed by atoms with E-state index in [1.807, 2.05) is 13.0 Å². The minimum atomic E-state index is -1.96. The zero-order valence-electron chi connectivity index (χ0n) is 33.8. The fourth-order valence-corrected chi connectivity index (χ4v) is 8.03. The van der Waals surface area contributed by atoms with Crippen LogP contribution in [0.1, 0.15) is 70.0 Å². The van der Waals surface area contributed by atoms with Crippen LogP contribution in [0, 0.1) is 37.5 Å². The van der Waals surface area contributed by atoms with E-state index in [1.165, 1.54) is 40.2 Å². The van der Waals surface area contributed by atoms with E-state index in [2.05, 4.69) is 5.32 Å². The van der Waals surface area contributed by atoms with E-state index in [9.17, 15) is 34.8 Å². The standard InChI is InChI=1S/C43H51N3O11/c1-19-14-15-28-44-32-29-30-37(50)25(7)40-31(29)41(52)43(9,57-40)55-17-16-27(54-10)22(4)39(56-26(8)47)24(6)36(49)23(5)35(48)20(2)12-11-13-21(3)42(53)45-33(38(30)51)34(32)46(28)18-19/h11-18,20,22-24,27,35-36,39,48-51H,1-10H3,(H,45,53)/b12-11+,17-16+,21-13-. The van der Waals surface area contributed by atoms with Gasteiger partial charge in [-0.2, -0.15) is 0 Å². The Kier molecular flexibility index (Phi) is 11.2. The number of benzene rings is 2. The zero-order chi connectivity index (χ0) is 41.8. The molecule has 0 radical (unpaired) electrons. The van der Waals surface area contributed by atoms with Gasteiger partial charge in [0, 0.05) is 67.3 Å². The normalized spacial score (nSPS) is 30.8. The third-order valence-corrected chi connectivity index (χ3v) is 11.5. The van der Waals surface area contributed by atoms with Crippen LogP contribution in [0.25, 0.3) is 27.5 Å². The van der Waals surface area contributed by atoms with Crippen LogP contribution in [-0.2, 0) is 23.8 Å². The van der Waals surface area contributed by atoms with Gasteiger partial charge in [0.1, 0.15) is 40.0 Å². The van der Waals surface area contributed by atoms with Gasteiger partial charge in [0.15, 0.2) is 5.75 Å². The quantitative estimate of drug-likeness (QED) is 0.115. The largest absolute Gasteiger partial charge is 0.507 e. The number of ether oxygens (including phenoxy) is 4. The van der Waals surface area contributed by atoms with Crippen molar-refractivity contribution in [1.82, 2.24) is 9.38 Å². The van der Waals surface area contributed by atoms with E-state index >= 15 is 0 Å². The topological polar surface area (TPSA) is 198 Å². The van der Waals surface area contributed by atoms with E-state index in [-0.39, 0.29) is 55.7 Å². The number of aromatic nitrogens is 2. The number of phenols is 2. The van der Waals surface area contributed by atoms with Crippen molar-refractivity contribution in [2.45, 2.75) is 92.5 Å². The van der Waals surface area contributed by atoms with E-state index in [4.69, 9.17) is 23.9 Å². The van der Waals surface area contributed by atoms with E-state index in [1.54, 1.807) is 69.5 Å². The van der Waals surface area contributed by atoms with E-state index in [0.717, 1.165) is 5.56 Å². The number of nitrogens with one attached hydrogen (secondary N) is 1. The molecule has 2 aromatic carbocycles. The Hall–Kier alpha value is -5.44. The molecule has 14 nitrogen and oxygen atoms in total. The van der Waals surface area contributed by atoms with Gasteiger partial charge < -0.3 is 44.7 Å². The van der Waals surface area contributed by atoms with Gasteiger partial charge in [0.05, 0.1) is 35.5 Å². The van der Waals surface area contributed by atoms with Crippen molar-refractivity contribution in [3.8, 4) is 17.2 Å². The number of carbonyl (C=O) groups excluding carboxylic acids is 3. The Morgan fingerprint density at radius 2 is 1.67 bits per heavy atom. The molecule has 14 heteroatoms. The van der Waals surface area contributed by atoms with Crippen LogP contribution in [0.4, 0.5) is 5.69 Å². The van der Waals surface area contributed by atoms with Crippen LogP contribution in [0.15, 0.2) is 54.5 Å². The Morgan fingerprint density at radius 3 is 2.33 bits per heavy atom. The lowest BCUT2D eigenvalue weighted by Crippen LogP contribution is -2.46. The number of amides is 1. The first-order valence-corrected chi connectivity index (χ1v) is 19.0. The summed E-state index contributed by atoms with van der Waals surface area (Å²) in [5, 5.41) is 49.4. The number of allylic oxidation sites excluding steroid dienone is 2. The third-order valence-electron chi connectivity index (χ3n) is 11.5. The number of hydrogen-bond donors (Lipinski definition) is 5. The average molecular weight is 786 g/mol. The number of carbonyl (C=O) groups is 3. The van der Waals surface area contributed by atoms with Crippen molar-refractivity contribution in [2.75, 3.05) is 12.4 Å². The fourth-order valence-electron chi connectivity index (χ4n) is 8.03. The number of aliphatic hydroxyl groups is 2. The second-order valence-corrected chi connectivity index (χ2v) is 15.6. The number of aromatic hydroxyl groups is 2. The predicted octanol–water partition coefficient (Wildman–Crippen LogP) is 6.16. The number of imidazole rings is 1. The van der Waals surface area contributed by atoms with E-state index < -0.39 is 77.3 Å². The molecule has 1 amide bonds. The minimum absolute atomic E-state index is 0.0185. The molecule has 0 aliphatic carbocycles. The fraction of sp³-hybridized carbons (Fsp3) is 0.442. The lowest BCUT2D eigenvalue weighted by Gasteiger charge is -2.38. The number of methoxy groups -OCH3 is 1. The van der Waals surface area contributed by atoms with Crippen LogP contribution < -0.4 is 10.1 Å². The number of pyridine rings is 1. The summed E-state index contributed by atoms with van der Waals surface area (Å²) in [5.74, 6) is -6.96. The summed E-state index contributed by atoms with van der Waals surface area (Å²) >= 11 is 0. The van der Waals surface area contributed by atoms with E-state index in [0.29, 0.717) is 5.65 Å². The first kappa shape index (κ1) is 41.2. The molecule has 2 aromatic heterocycles. The summed E-state index contributed by atoms with van der Waals surface area (Å²) in [6, 6.07) is 3.61. The van der Waals surface area contributed by atoms with Crippen molar-refractivity contribution in [3.63, 3.8) is 0 Å². The lowest BCUT2D eigenvalue weighted by molar-refractivity contribution is -0.160. The predicted molar refractivity (Wildman–Crippen MR) is 213 cm³/mol. The molecule has 0 spiro atoms. The summed E-state index contributed by atoms with van der Waals surface area (Å²) in [7, 11) is 1.46. The molecule has 0 saturated heterocycles. The molecule has 4 aromatic rings. The molecule has 2 aliphatic rings. The van der Waals surface area contributed by atoms with Gasteiger partial charge in [0.25, 0.3) is 11.7 Å². The number of fused-ring (bicyclic) bond motifs is 2. The molecular weight excluding hydrogens is 734 g/mol. The van der Waals surface area contributed by atoms with Gasteiger partial charge in [-0.3, -0.25) is 18.8 Å². The van der Waals surface area contributed by atoms with Crippen molar-refractivity contribution < 1.29 is 53.8 Å². The molecule has 0 saturated carbocycles. The van der Waals surface area contributed by atoms with Gasteiger partial charge in [-0.05, 0) is 38.5 Å². The monoisotopic (exact) mass is 785 g/mol. The van der Waals surface area contributed by atoms with Crippen molar-refractivity contribution in [2.24, 2.45) is 23.7 Å². The number of aryl methyl sites for hydroxylation is 1. The number of aliphatic hydroxyl groups excluding tert-OH is 2. The summed E-state index contributed by atoms with van der Waals surface area (Å²) < 4.78 is 25.5. The maximum absolute atomic E-state index is 14.6. The number of esters is 1. The van der Waals surface area contributed by atoms with Gasteiger partial charge >= 0.3 is 11.8 Å². The third kappa shape index (κ3) is 7.10. The smallest absolute Gasteiger partial charge is 0.312 e. The Balaban J connectivity index is 1.58. The Labute approximate surface area is 330 Å². The van der Waals surface area contributed by atoms with Crippen LogP contribution in [-0.4, -0.2) is 84.8 Å². The lowest BCUT2D eigenvalue weighted by atomic mass is 9.78. The average Bonchev–Trinajstić information content (AvgIpc) is 3.67. The molecule has 0 fully saturated rings.